The molecule has 3 heterocycles. The van der Waals surface area contributed by atoms with E-state index in [0.29, 0.717) is 11.7 Å². The molecule has 0 bridgehead atoms. The molecule has 1 aliphatic rings. The van der Waals surface area contributed by atoms with Crippen LogP contribution in [0.15, 0.2) is 45.7 Å². The zero-order chi connectivity index (χ0) is 14.9. The fourth-order valence-corrected chi connectivity index (χ4v) is 2.78. The highest BCUT2D eigenvalue weighted by atomic mass is 16.5. The van der Waals surface area contributed by atoms with Crippen LogP contribution < -0.4 is 5.56 Å². The van der Waals surface area contributed by atoms with Crippen molar-refractivity contribution < 1.29 is 9.26 Å². The van der Waals surface area contributed by atoms with Crippen LogP contribution in [-0.2, 0) is 11.3 Å². The predicted molar refractivity (Wildman–Crippen MR) is 79.5 cm³/mol. The molecule has 1 aliphatic heterocycles. The van der Waals surface area contributed by atoms with E-state index in [4.69, 9.17) is 9.26 Å². The highest BCUT2D eigenvalue weighted by Crippen LogP contribution is 2.27. The second-order valence-corrected chi connectivity index (χ2v) is 5.37. The number of nitrogens with zero attached hydrogens (tertiary/aromatic N) is 3. The van der Waals surface area contributed by atoms with E-state index in [1.54, 1.807) is 10.6 Å². The van der Waals surface area contributed by atoms with E-state index in [1.807, 2.05) is 30.3 Å². The SMILES string of the molecule is O=c1ccc2ccccc2n1Cc1noc([C@@H]2CCCO2)n1. The van der Waals surface area contributed by atoms with Crippen molar-refractivity contribution in [2.75, 3.05) is 6.61 Å². The number of hydrogen-bond donors (Lipinski definition) is 0. The number of para-hydroxylation sites is 1. The van der Waals surface area contributed by atoms with E-state index in [2.05, 4.69) is 10.1 Å². The number of benzene rings is 1. The van der Waals surface area contributed by atoms with E-state index in [1.165, 1.54) is 0 Å². The lowest BCUT2D eigenvalue weighted by Crippen LogP contribution is -2.20. The first-order valence-corrected chi connectivity index (χ1v) is 7.34. The first-order chi connectivity index (χ1) is 10.8. The summed E-state index contributed by atoms with van der Waals surface area (Å²) in [6.07, 6.45) is 1.80. The molecule has 22 heavy (non-hydrogen) atoms. The summed E-state index contributed by atoms with van der Waals surface area (Å²) in [4.78, 5) is 16.5. The van der Waals surface area contributed by atoms with Crippen molar-refractivity contribution in [1.29, 1.82) is 0 Å². The van der Waals surface area contributed by atoms with Gasteiger partial charge in [-0.3, -0.25) is 4.79 Å². The van der Waals surface area contributed by atoms with Crippen molar-refractivity contribution >= 4 is 10.9 Å². The van der Waals surface area contributed by atoms with Gasteiger partial charge in [0, 0.05) is 12.7 Å². The maximum atomic E-state index is 12.2. The van der Waals surface area contributed by atoms with Crippen molar-refractivity contribution in [2.24, 2.45) is 0 Å². The predicted octanol–water partition coefficient (Wildman–Crippen LogP) is 2.28. The van der Waals surface area contributed by atoms with E-state index in [0.717, 1.165) is 30.4 Å². The lowest BCUT2D eigenvalue weighted by molar-refractivity contribution is 0.0835. The number of ether oxygens (including phenoxy) is 1. The molecule has 3 aromatic rings. The monoisotopic (exact) mass is 297 g/mol. The Morgan fingerprint density at radius 1 is 1.23 bits per heavy atom. The third-order valence-corrected chi connectivity index (χ3v) is 3.89. The van der Waals surface area contributed by atoms with Gasteiger partial charge in [0.2, 0.25) is 0 Å². The molecule has 0 saturated carbocycles. The molecule has 0 radical (unpaired) electrons. The van der Waals surface area contributed by atoms with Crippen molar-refractivity contribution in [2.45, 2.75) is 25.5 Å². The zero-order valence-electron chi connectivity index (χ0n) is 11.9. The normalized spacial score (nSPS) is 18.1. The molecule has 0 N–H and O–H groups in total. The van der Waals surface area contributed by atoms with Gasteiger partial charge >= 0.3 is 0 Å². The van der Waals surface area contributed by atoms with Gasteiger partial charge in [-0.2, -0.15) is 4.98 Å². The molecule has 0 spiro atoms. The van der Waals surface area contributed by atoms with Crippen molar-refractivity contribution in [3.8, 4) is 0 Å². The van der Waals surface area contributed by atoms with Crippen LogP contribution in [0.1, 0.15) is 30.7 Å². The van der Waals surface area contributed by atoms with Crippen molar-refractivity contribution in [3.05, 3.63) is 58.5 Å². The number of hydrogen-bond acceptors (Lipinski definition) is 5. The fraction of sp³-hybridized carbons (Fsp3) is 0.312. The molecular weight excluding hydrogens is 282 g/mol. The van der Waals surface area contributed by atoms with Gasteiger partial charge in [0.05, 0.1) is 12.1 Å². The summed E-state index contributed by atoms with van der Waals surface area (Å²) in [5.74, 6) is 0.990. The molecular formula is C16H15N3O3. The average Bonchev–Trinajstić information content (AvgIpc) is 3.21. The van der Waals surface area contributed by atoms with Crippen LogP contribution in [0.25, 0.3) is 10.9 Å². The first kappa shape index (κ1) is 13.2. The molecule has 0 amide bonds. The van der Waals surface area contributed by atoms with E-state index < -0.39 is 0 Å². The summed E-state index contributed by atoms with van der Waals surface area (Å²) in [5.41, 5.74) is 0.778. The van der Waals surface area contributed by atoms with Gasteiger partial charge in [-0.05, 0) is 30.4 Å². The summed E-state index contributed by atoms with van der Waals surface area (Å²) < 4.78 is 12.5. The van der Waals surface area contributed by atoms with Crippen LogP contribution in [0.2, 0.25) is 0 Å². The minimum absolute atomic E-state index is 0.0813. The number of pyridine rings is 1. The Balaban J connectivity index is 1.69. The third-order valence-electron chi connectivity index (χ3n) is 3.89. The Morgan fingerprint density at radius 2 is 2.14 bits per heavy atom. The fourth-order valence-electron chi connectivity index (χ4n) is 2.78. The number of fused-ring (bicyclic) bond motifs is 1. The molecule has 0 unspecified atom stereocenters. The van der Waals surface area contributed by atoms with Crippen LogP contribution in [0.3, 0.4) is 0 Å². The third kappa shape index (κ3) is 2.31. The number of rotatable bonds is 3. The Bertz CT molecular complexity index is 862. The van der Waals surface area contributed by atoms with Crippen LogP contribution >= 0.6 is 0 Å². The molecule has 4 rings (SSSR count). The summed E-state index contributed by atoms with van der Waals surface area (Å²) in [5, 5.41) is 4.98. The Kier molecular flexibility index (Phi) is 3.23. The molecule has 112 valence electrons. The lowest BCUT2D eigenvalue weighted by Gasteiger charge is -2.07. The Labute approximate surface area is 126 Å². The lowest BCUT2D eigenvalue weighted by atomic mass is 10.2. The summed E-state index contributed by atoms with van der Waals surface area (Å²) in [6, 6.07) is 11.1. The van der Waals surface area contributed by atoms with Crippen LogP contribution in [0, 0.1) is 0 Å². The minimum atomic E-state index is -0.106. The van der Waals surface area contributed by atoms with Crippen molar-refractivity contribution in [1.82, 2.24) is 14.7 Å². The van der Waals surface area contributed by atoms with E-state index in [-0.39, 0.29) is 18.2 Å². The smallest absolute Gasteiger partial charge is 0.255 e. The highest BCUT2D eigenvalue weighted by molar-refractivity contribution is 5.78. The van der Waals surface area contributed by atoms with Gasteiger partial charge in [0.25, 0.3) is 11.4 Å². The summed E-state index contributed by atoms with van der Waals surface area (Å²) in [6.45, 7) is 1.02. The maximum Gasteiger partial charge on any atom is 0.255 e. The molecule has 2 aromatic heterocycles. The minimum Gasteiger partial charge on any atom is -0.368 e. The molecule has 1 aromatic carbocycles. The largest absolute Gasteiger partial charge is 0.368 e. The van der Waals surface area contributed by atoms with Crippen LogP contribution in [0.5, 0.6) is 0 Å². The van der Waals surface area contributed by atoms with Gasteiger partial charge in [0.15, 0.2) is 5.82 Å². The van der Waals surface area contributed by atoms with Crippen LogP contribution in [-0.4, -0.2) is 21.3 Å². The van der Waals surface area contributed by atoms with Crippen LogP contribution in [0.4, 0.5) is 0 Å². The average molecular weight is 297 g/mol. The van der Waals surface area contributed by atoms with E-state index in [9.17, 15) is 4.79 Å². The summed E-state index contributed by atoms with van der Waals surface area (Å²) in [7, 11) is 0. The second kappa shape index (κ2) is 5.38. The second-order valence-electron chi connectivity index (χ2n) is 5.37. The van der Waals surface area contributed by atoms with E-state index >= 15 is 0 Å². The van der Waals surface area contributed by atoms with Gasteiger partial charge < -0.3 is 13.8 Å². The summed E-state index contributed by atoms with van der Waals surface area (Å²) >= 11 is 0. The maximum absolute atomic E-state index is 12.2. The molecule has 1 fully saturated rings. The number of aromatic nitrogens is 3. The molecule has 0 aliphatic carbocycles. The van der Waals surface area contributed by atoms with Gasteiger partial charge in [-0.1, -0.05) is 23.4 Å². The first-order valence-electron chi connectivity index (χ1n) is 7.34. The Morgan fingerprint density at radius 3 is 3.00 bits per heavy atom. The molecule has 6 heteroatoms. The van der Waals surface area contributed by atoms with Gasteiger partial charge in [-0.25, -0.2) is 0 Å². The van der Waals surface area contributed by atoms with Crippen molar-refractivity contribution in [3.63, 3.8) is 0 Å². The van der Waals surface area contributed by atoms with Gasteiger partial charge in [-0.15, -0.1) is 0 Å². The molecule has 6 nitrogen and oxygen atoms in total. The molecule has 1 atom stereocenters. The highest BCUT2D eigenvalue weighted by Gasteiger charge is 2.24. The molecule has 1 saturated heterocycles. The zero-order valence-corrected chi connectivity index (χ0v) is 11.9. The topological polar surface area (TPSA) is 70.2 Å². The van der Waals surface area contributed by atoms with Gasteiger partial charge in [0.1, 0.15) is 6.10 Å². The Hall–Kier alpha value is -2.47. The quantitative estimate of drug-likeness (QED) is 0.741. The standard InChI is InChI=1S/C16H15N3O3/c20-15-8-7-11-4-1-2-5-12(11)19(15)10-14-17-16(22-18-14)13-6-3-9-21-13/h1-2,4-5,7-8,13H,3,6,9-10H2/t13-/m0/s1.